The third kappa shape index (κ3) is 18.7. The van der Waals surface area contributed by atoms with E-state index in [1.807, 2.05) is 0 Å². The minimum atomic E-state index is -0.700. The Labute approximate surface area is 79.8 Å². The summed E-state index contributed by atoms with van der Waals surface area (Å²) in [6, 6.07) is 0. The second-order valence-corrected chi connectivity index (χ2v) is 3.76. The van der Waals surface area contributed by atoms with Crippen LogP contribution in [0.5, 0.6) is 0 Å². The molecule has 4 nitrogen and oxygen atoms in total. The van der Waals surface area contributed by atoms with Crippen LogP contribution >= 0.6 is 0 Å². The van der Waals surface area contributed by atoms with E-state index in [-0.39, 0.29) is 25.7 Å². The van der Waals surface area contributed by atoms with E-state index in [1.54, 1.807) is 20.8 Å². The van der Waals surface area contributed by atoms with Crippen molar-refractivity contribution in [2.75, 3.05) is 19.8 Å². The van der Waals surface area contributed by atoms with Gasteiger partial charge in [-0.3, -0.25) is 0 Å². The van der Waals surface area contributed by atoms with E-state index in [4.69, 9.17) is 20.4 Å². The van der Waals surface area contributed by atoms with Crippen molar-refractivity contribution in [2.45, 2.75) is 32.8 Å². The first-order valence-corrected chi connectivity index (χ1v) is 4.42. The third-order valence-electron chi connectivity index (χ3n) is 1.35. The maximum Gasteiger partial charge on any atom is 0.0613 e. The first-order valence-electron chi connectivity index (χ1n) is 4.42. The van der Waals surface area contributed by atoms with Crippen molar-refractivity contribution in [1.29, 1.82) is 0 Å². The van der Waals surface area contributed by atoms with Crippen LogP contribution in [0.1, 0.15) is 27.2 Å². The van der Waals surface area contributed by atoms with E-state index in [0.717, 1.165) is 0 Å². The van der Waals surface area contributed by atoms with Gasteiger partial charge in [-0.1, -0.05) is 6.92 Å². The van der Waals surface area contributed by atoms with Gasteiger partial charge >= 0.3 is 0 Å². The Balaban J connectivity index is 0. The number of hydrogen-bond acceptors (Lipinski definition) is 4. The summed E-state index contributed by atoms with van der Waals surface area (Å²) < 4.78 is 0. The number of aliphatic hydroxyl groups is 4. The van der Waals surface area contributed by atoms with Crippen LogP contribution in [0.2, 0.25) is 0 Å². The van der Waals surface area contributed by atoms with Crippen LogP contribution in [-0.2, 0) is 0 Å². The van der Waals surface area contributed by atoms with Gasteiger partial charge in [-0.05, 0) is 20.3 Å². The van der Waals surface area contributed by atoms with E-state index in [2.05, 4.69) is 0 Å². The van der Waals surface area contributed by atoms with Gasteiger partial charge in [0, 0.05) is 25.7 Å². The third-order valence-corrected chi connectivity index (χ3v) is 1.35. The minimum Gasteiger partial charge on any atom is -0.396 e. The fourth-order valence-corrected chi connectivity index (χ4v) is 0.331. The van der Waals surface area contributed by atoms with Gasteiger partial charge in [0.25, 0.3) is 0 Å². The van der Waals surface area contributed by atoms with Gasteiger partial charge in [0.15, 0.2) is 0 Å². The Morgan fingerprint density at radius 1 is 1.08 bits per heavy atom. The Morgan fingerprint density at radius 2 is 1.46 bits per heavy atom. The molecule has 0 unspecified atom stereocenters. The Bertz CT molecular complexity index is 94.3. The second kappa shape index (κ2) is 8.44. The summed E-state index contributed by atoms with van der Waals surface area (Å²) in [5.74, 6) is 0.0463. The maximum absolute atomic E-state index is 8.86. The van der Waals surface area contributed by atoms with Crippen LogP contribution < -0.4 is 0 Å². The molecule has 0 bridgehead atoms. The Kier molecular flexibility index (Phi) is 9.94. The topological polar surface area (TPSA) is 80.9 Å². The Morgan fingerprint density at radius 3 is 1.46 bits per heavy atom. The SMILES string of the molecule is CC(C)(O)CCO.CC(CO)CO. The molecule has 0 aliphatic heterocycles. The van der Waals surface area contributed by atoms with E-state index in [1.165, 1.54) is 0 Å². The molecule has 0 spiro atoms. The number of aliphatic hydroxyl groups excluding tert-OH is 3. The van der Waals surface area contributed by atoms with Crippen LogP contribution in [0, 0.1) is 5.92 Å². The molecule has 0 heterocycles. The lowest BCUT2D eigenvalue weighted by Gasteiger charge is -2.13. The fourth-order valence-electron chi connectivity index (χ4n) is 0.331. The molecule has 4 N–H and O–H groups in total. The van der Waals surface area contributed by atoms with Gasteiger partial charge in [-0.25, -0.2) is 0 Å². The number of hydrogen-bond donors (Lipinski definition) is 4. The molecule has 0 aromatic carbocycles. The Hall–Kier alpha value is -0.160. The summed E-state index contributed by atoms with van der Waals surface area (Å²) in [6.45, 7) is 5.34. The lowest BCUT2D eigenvalue weighted by atomic mass is 10.1. The van der Waals surface area contributed by atoms with E-state index in [9.17, 15) is 0 Å². The first kappa shape index (κ1) is 15.3. The summed E-state index contributed by atoms with van der Waals surface area (Å²) in [5, 5.41) is 33.4. The lowest BCUT2D eigenvalue weighted by molar-refractivity contribution is 0.0515. The molecular weight excluding hydrogens is 172 g/mol. The highest BCUT2D eigenvalue weighted by Gasteiger charge is 2.09. The van der Waals surface area contributed by atoms with Gasteiger partial charge in [0.2, 0.25) is 0 Å². The second-order valence-electron chi connectivity index (χ2n) is 3.76. The molecule has 0 atom stereocenters. The molecule has 13 heavy (non-hydrogen) atoms. The van der Waals surface area contributed by atoms with Gasteiger partial charge in [0.1, 0.15) is 0 Å². The molecule has 0 rings (SSSR count). The van der Waals surface area contributed by atoms with Crippen LogP contribution in [-0.4, -0.2) is 45.8 Å². The highest BCUT2D eigenvalue weighted by Crippen LogP contribution is 2.04. The van der Waals surface area contributed by atoms with E-state index < -0.39 is 5.60 Å². The normalized spacial score (nSPS) is 11.1. The summed E-state index contributed by atoms with van der Waals surface area (Å²) in [7, 11) is 0. The summed E-state index contributed by atoms with van der Waals surface area (Å²) in [4.78, 5) is 0. The van der Waals surface area contributed by atoms with Crippen LogP contribution in [0.4, 0.5) is 0 Å². The molecule has 0 aliphatic rings. The highest BCUT2D eigenvalue weighted by molar-refractivity contribution is 4.62. The van der Waals surface area contributed by atoms with Crippen molar-refractivity contribution in [3.05, 3.63) is 0 Å². The summed E-state index contributed by atoms with van der Waals surface area (Å²) in [6.07, 6.45) is 0.451. The summed E-state index contributed by atoms with van der Waals surface area (Å²) >= 11 is 0. The molecule has 0 aromatic rings. The molecule has 0 amide bonds. The van der Waals surface area contributed by atoms with Crippen LogP contribution in [0.15, 0.2) is 0 Å². The molecule has 0 fully saturated rings. The highest BCUT2D eigenvalue weighted by atomic mass is 16.3. The zero-order chi connectivity index (χ0) is 10.9. The lowest BCUT2D eigenvalue weighted by Crippen LogP contribution is -2.19. The zero-order valence-corrected chi connectivity index (χ0v) is 8.69. The molecule has 0 radical (unpaired) electrons. The molecule has 4 heteroatoms. The van der Waals surface area contributed by atoms with Crippen molar-refractivity contribution >= 4 is 0 Å². The van der Waals surface area contributed by atoms with Crippen molar-refractivity contribution in [3.63, 3.8) is 0 Å². The molecule has 82 valence electrons. The van der Waals surface area contributed by atoms with Gasteiger partial charge in [-0.15, -0.1) is 0 Å². The van der Waals surface area contributed by atoms with Gasteiger partial charge < -0.3 is 20.4 Å². The zero-order valence-electron chi connectivity index (χ0n) is 8.69. The van der Waals surface area contributed by atoms with Crippen LogP contribution in [0.25, 0.3) is 0 Å². The summed E-state index contributed by atoms with van der Waals surface area (Å²) in [5.41, 5.74) is -0.700. The number of rotatable bonds is 4. The monoisotopic (exact) mass is 194 g/mol. The van der Waals surface area contributed by atoms with E-state index >= 15 is 0 Å². The average Bonchev–Trinajstić information content (AvgIpc) is 2.02. The molecule has 0 saturated carbocycles. The largest absolute Gasteiger partial charge is 0.396 e. The van der Waals surface area contributed by atoms with Crippen LogP contribution in [0.3, 0.4) is 0 Å². The predicted octanol–water partition coefficient (Wildman–Crippen LogP) is -0.253. The van der Waals surface area contributed by atoms with Crippen molar-refractivity contribution in [1.82, 2.24) is 0 Å². The van der Waals surface area contributed by atoms with Crippen molar-refractivity contribution in [2.24, 2.45) is 5.92 Å². The molecule has 0 aliphatic carbocycles. The molecule has 0 saturated heterocycles. The van der Waals surface area contributed by atoms with Crippen molar-refractivity contribution < 1.29 is 20.4 Å². The quantitative estimate of drug-likeness (QED) is 0.497. The molecular formula is C9H22O4. The average molecular weight is 194 g/mol. The minimum absolute atomic E-state index is 0.0463. The van der Waals surface area contributed by atoms with E-state index in [0.29, 0.717) is 6.42 Å². The fraction of sp³-hybridized carbons (Fsp3) is 1.00. The predicted molar refractivity (Wildman–Crippen MR) is 51.3 cm³/mol. The molecule has 0 aromatic heterocycles. The first-order chi connectivity index (χ1) is 5.87. The maximum atomic E-state index is 8.86. The van der Waals surface area contributed by atoms with Crippen molar-refractivity contribution in [3.8, 4) is 0 Å². The smallest absolute Gasteiger partial charge is 0.0613 e. The standard InChI is InChI=1S/C5H12O2.C4H10O2/c1-5(2,7)3-4-6;1-4(2-5)3-6/h6-7H,3-4H2,1-2H3;4-6H,2-3H2,1H3. The van der Waals surface area contributed by atoms with Gasteiger partial charge in [0.05, 0.1) is 5.60 Å². The van der Waals surface area contributed by atoms with Gasteiger partial charge in [-0.2, -0.15) is 0 Å².